The maximum absolute atomic E-state index is 11.7. The van der Waals surface area contributed by atoms with Crippen molar-refractivity contribution in [2.24, 2.45) is 5.92 Å². The van der Waals surface area contributed by atoms with Crippen molar-refractivity contribution in [3.63, 3.8) is 0 Å². The van der Waals surface area contributed by atoms with E-state index in [1.807, 2.05) is 20.8 Å². The zero-order chi connectivity index (χ0) is 16.3. The molecule has 0 bridgehead atoms. The third-order valence-electron chi connectivity index (χ3n) is 2.86. The highest BCUT2D eigenvalue weighted by atomic mass is 16.7. The molecule has 0 aliphatic carbocycles. The van der Waals surface area contributed by atoms with Crippen LogP contribution in [0.2, 0.25) is 0 Å². The lowest BCUT2D eigenvalue weighted by molar-refractivity contribution is -0.184. The van der Waals surface area contributed by atoms with E-state index < -0.39 is 24.6 Å². The van der Waals surface area contributed by atoms with Crippen molar-refractivity contribution in [2.45, 2.75) is 59.9 Å². The third kappa shape index (κ3) is 10.3. The predicted octanol–water partition coefficient (Wildman–Crippen LogP) is 2.30. The van der Waals surface area contributed by atoms with Gasteiger partial charge in [0, 0.05) is 19.6 Å². The summed E-state index contributed by atoms with van der Waals surface area (Å²) in [6.45, 7) is 10.8. The molecule has 124 valence electrons. The van der Waals surface area contributed by atoms with E-state index in [0.717, 1.165) is 0 Å². The van der Waals surface area contributed by atoms with Crippen molar-refractivity contribution >= 4 is 11.9 Å². The van der Waals surface area contributed by atoms with E-state index in [2.05, 4.69) is 0 Å². The Morgan fingerprint density at radius 2 is 1.57 bits per heavy atom. The first-order valence-corrected chi connectivity index (χ1v) is 7.48. The average molecular weight is 304 g/mol. The van der Waals surface area contributed by atoms with Gasteiger partial charge >= 0.3 is 11.9 Å². The van der Waals surface area contributed by atoms with E-state index in [1.54, 1.807) is 13.8 Å². The van der Waals surface area contributed by atoms with Crippen LogP contribution in [0.15, 0.2) is 0 Å². The van der Waals surface area contributed by atoms with E-state index in [0.29, 0.717) is 26.2 Å². The van der Waals surface area contributed by atoms with Gasteiger partial charge in [-0.25, -0.2) is 0 Å². The van der Waals surface area contributed by atoms with Gasteiger partial charge in [0.2, 0.25) is 6.29 Å². The highest BCUT2D eigenvalue weighted by Crippen LogP contribution is 2.08. The van der Waals surface area contributed by atoms with Gasteiger partial charge in [-0.2, -0.15) is 0 Å². The van der Waals surface area contributed by atoms with Crippen LogP contribution in [0.5, 0.6) is 0 Å². The van der Waals surface area contributed by atoms with Crippen LogP contribution < -0.4 is 0 Å². The Balaban J connectivity index is 4.14. The SMILES string of the molecule is CCOCCC(OCC)OC(=O)CC(=O)OC(C)C(C)C. The predicted molar refractivity (Wildman–Crippen MR) is 77.6 cm³/mol. The second-order valence-electron chi connectivity index (χ2n) is 4.98. The Bertz CT molecular complexity index is 303. The lowest BCUT2D eigenvalue weighted by Gasteiger charge is -2.19. The molecule has 0 aliphatic rings. The largest absolute Gasteiger partial charge is 0.462 e. The molecule has 0 radical (unpaired) electrons. The molecule has 0 aromatic carbocycles. The molecule has 0 aliphatic heterocycles. The number of carbonyl (C=O) groups is 2. The van der Waals surface area contributed by atoms with Gasteiger partial charge in [-0.05, 0) is 26.7 Å². The normalized spacial score (nSPS) is 13.8. The van der Waals surface area contributed by atoms with Crippen LogP contribution in [0.4, 0.5) is 0 Å². The smallest absolute Gasteiger partial charge is 0.319 e. The van der Waals surface area contributed by atoms with E-state index in [9.17, 15) is 9.59 Å². The topological polar surface area (TPSA) is 71.1 Å². The van der Waals surface area contributed by atoms with Gasteiger partial charge in [0.1, 0.15) is 12.5 Å². The number of esters is 2. The fourth-order valence-corrected chi connectivity index (χ4v) is 1.38. The van der Waals surface area contributed by atoms with Gasteiger partial charge in [-0.3, -0.25) is 9.59 Å². The molecule has 0 amide bonds. The van der Waals surface area contributed by atoms with Gasteiger partial charge in [0.25, 0.3) is 0 Å². The second-order valence-corrected chi connectivity index (χ2v) is 4.98. The number of hydrogen-bond acceptors (Lipinski definition) is 6. The summed E-state index contributed by atoms with van der Waals surface area (Å²) in [5.74, 6) is -1.03. The lowest BCUT2D eigenvalue weighted by Crippen LogP contribution is -2.27. The molecule has 0 aromatic heterocycles. The molecule has 21 heavy (non-hydrogen) atoms. The highest BCUT2D eigenvalue weighted by Gasteiger charge is 2.20. The Morgan fingerprint density at radius 1 is 0.952 bits per heavy atom. The summed E-state index contributed by atoms with van der Waals surface area (Å²) >= 11 is 0. The molecular weight excluding hydrogens is 276 g/mol. The number of rotatable bonds is 11. The summed E-state index contributed by atoms with van der Waals surface area (Å²) in [5, 5.41) is 0. The zero-order valence-corrected chi connectivity index (χ0v) is 13.7. The van der Waals surface area contributed by atoms with Crippen LogP contribution in [-0.2, 0) is 28.5 Å². The molecule has 0 rings (SSSR count). The number of hydrogen-bond donors (Lipinski definition) is 0. The van der Waals surface area contributed by atoms with Crippen molar-refractivity contribution in [1.82, 2.24) is 0 Å². The molecule has 0 saturated carbocycles. The molecule has 0 heterocycles. The third-order valence-corrected chi connectivity index (χ3v) is 2.86. The molecular formula is C15H28O6. The molecule has 6 heteroatoms. The first-order valence-electron chi connectivity index (χ1n) is 7.48. The molecule has 0 N–H and O–H groups in total. The quantitative estimate of drug-likeness (QED) is 0.252. The maximum atomic E-state index is 11.7. The van der Waals surface area contributed by atoms with Gasteiger partial charge in [0.15, 0.2) is 0 Å². The summed E-state index contributed by atoms with van der Waals surface area (Å²) < 4.78 is 20.7. The minimum Gasteiger partial charge on any atom is -0.462 e. The molecule has 0 saturated heterocycles. The molecule has 2 atom stereocenters. The summed E-state index contributed by atoms with van der Waals surface area (Å²) in [7, 11) is 0. The minimum absolute atomic E-state index is 0.201. The summed E-state index contributed by atoms with van der Waals surface area (Å²) in [6, 6.07) is 0. The van der Waals surface area contributed by atoms with E-state index in [1.165, 1.54) is 0 Å². The Kier molecular flexibility index (Phi) is 10.9. The second kappa shape index (κ2) is 11.5. The van der Waals surface area contributed by atoms with E-state index in [-0.39, 0.29) is 12.0 Å². The zero-order valence-electron chi connectivity index (χ0n) is 13.7. The summed E-state index contributed by atoms with van der Waals surface area (Å²) in [5.41, 5.74) is 0. The highest BCUT2D eigenvalue weighted by molar-refractivity contribution is 5.91. The Hall–Kier alpha value is -1.14. The maximum Gasteiger partial charge on any atom is 0.319 e. The standard InChI is InChI=1S/C15H28O6/c1-6-18-9-8-15(19-7-2)21-14(17)10-13(16)20-12(5)11(3)4/h11-12,15H,6-10H2,1-5H3. The van der Waals surface area contributed by atoms with Crippen LogP contribution in [-0.4, -0.2) is 44.2 Å². The fraction of sp³-hybridized carbons (Fsp3) is 0.867. The van der Waals surface area contributed by atoms with Crippen molar-refractivity contribution in [1.29, 1.82) is 0 Å². The number of carbonyl (C=O) groups excluding carboxylic acids is 2. The van der Waals surface area contributed by atoms with Gasteiger partial charge < -0.3 is 18.9 Å². The Labute approximate surface area is 127 Å². The van der Waals surface area contributed by atoms with Crippen LogP contribution in [0, 0.1) is 5.92 Å². The molecule has 0 fully saturated rings. The van der Waals surface area contributed by atoms with Gasteiger partial charge in [-0.1, -0.05) is 13.8 Å². The van der Waals surface area contributed by atoms with Crippen LogP contribution in [0.25, 0.3) is 0 Å². The van der Waals surface area contributed by atoms with E-state index in [4.69, 9.17) is 18.9 Å². The van der Waals surface area contributed by atoms with Crippen molar-refractivity contribution in [2.75, 3.05) is 19.8 Å². The fourth-order valence-electron chi connectivity index (χ4n) is 1.38. The molecule has 2 unspecified atom stereocenters. The minimum atomic E-state index is -0.690. The van der Waals surface area contributed by atoms with Gasteiger partial charge in [0.05, 0.1) is 6.61 Å². The number of ether oxygens (including phenoxy) is 4. The van der Waals surface area contributed by atoms with Crippen LogP contribution in [0.1, 0.15) is 47.5 Å². The van der Waals surface area contributed by atoms with Crippen molar-refractivity contribution in [3.8, 4) is 0 Å². The lowest BCUT2D eigenvalue weighted by atomic mass is 10.1. The molecule has 0 aromatic rings. The van der Waals surface area contributed by atoms with Crippen LogP contribution in [0.3, 0.4) is 0 Å². The summed E-state index contributed by atoms with van der Waals surface area (Å²) in [6.07, 6.45) is -0.893. The molecule has 6 nitrogen and oxygen atoms in total. The van der Waals surface area contributed by atoms with Crippen molar-refractivity contribution < 1.29 is 28.5 Å². The average Bonchev–Trinajstić information content (AvgIpc) is 2.38. The van der Waals surface area contributed by atoms with E-state index >= 15 is 0 Å². The first kappa shape index (κ1) is 19.9. The van der Waals surface area contributed by atoms with Crippen LogP contribution >= 0.6 is 0 Å². The van der Waals surface area contributed by atoms with Crippen molar-refractivity contribution in [3.05, 3.63) is 0 Å². The monoisotopic (exact) mass is 304 g/mol. The first-order chi connectivity index (χ1) is 9.90. The van der Waals surface area contributed by atoms with Gasteiger partial charge in [-0.15, -0.1) is 0 Å². The summed E-state index contributed by atoms with van der Waals surface area (Å²) in [4.78, 5) is 23.3. The molecule has 0 spiro atoms. The Morgan fingerprint density at radius 3 is 2.10 bits per heavy atom.